The Morgan fingerprint density at radius 3 is 1.26 bits per heavy atom. The second-order valence-corrected chi connectivity index (χ2v) is 17.2. The van der Waals surface area contributed by atoms with E-state index in [4.69, 9.17) is 10.5 Å². The van der Waals surface area contributed by atoms with E-state index in [0.29, 0.717) is 32.2 Å². The number of carboxylic acid groups (broad SMARTS) is 1. The molecule has 0 aromatic carbocycles. The summed E-state index contributed by atoms with van der Waals surface area (Å²) in [6, 6.07) is -0.853. The molecule has 2 atom stereocenters. The second kappa shape index (κ2) is 45.2. The fraction of sp³-hybridized carbons (Fsp3) is 0.900. The molecule has 0 aliphatic heterocycles. The van der Waals surface area contributed by atoms with Crippen LogP contribution in [0.3, 0.4) is 0 Å². The largest absolute Gasteiger partial charge is 0.480 e. The van der Waals surface area contributed by atoms with Crippen LogP contribution in [0.15, 0.2) is 12.2 Å². The number of ether oxygens (including phenoxy) is 1. The molecular weight excluding hydrogens is 709 g/mol. The van der Waals surface area contributed by atoms with Gasteiger partial charge >= 0.3 is 11.9 Å². The Hall–Kier alpha value is -1.89. The van der Waals surface area contributed by atoms with Crippen molar-refractivity contribution in [3.63, 3.8) is 0 Å². The first-order chi connectivity index (χ1) is 27.9. The fourth-order valence-electron chi connectivity index (χ4n) is 7.80. The van der Waals surface area contributed by atoms with Gasteiger partial charge in [0.2, 0.25) is 5.91 Å². The molecule has 7 nitrogen and oxygen atoms in total. The number of hydrogen-bond donors (Lipinski definition) is 3. The summed E-state index contributed by atoms with van der Waals surface area (Å²) in [6.07, 6.45) is 51.4. The number of carbonyl (C=O) groups excluding carboxylic acids is 2. The molecule has 0 spiro atoms. The summed E-state index contributed by atoms with van der Waals surface area (Å²) in [5, 5.41) is 11.9. The highest BCUT2D eigenvalue weighted by Gasteiger charge is 2.19. The quantitative estimate of drug-likeness (QED) is 0.0320. The Morgan fingerprint density at radius 1 is 0.491 bits per heavy atom. The van der Waals surface area contributed by atoms with E-state index in [1.807, 2.05) is 0 Å². The smallest absolute Gasteiger partial charge is 0.326 e. The lowest BCUT2D eigenvalue weighted by Gasteiger charge is -2.18. The van der Waals surface area contributed by atoms with E-state index in [1.165, 1.54) is 167 Å². The molecule has 0 aromatic heterocycles. The summed E-state index contributed by atoms with van der Waals surface area (Å²) >= 11 is 0. The van der Waals surface area contributed by atoms with Crippen molar-refractivity contribution < 1.29 is 24.2 Å². The predicted molar refractivity (Wildman–Crippen MR) is 244 cm³/mol. The average molecular weight is 805 g/mol. The van der Waals surface area contributed by atoms with Crippen LogP contribution in [-0.4, -0.2) is 41.6 Å². The topological polar surface area (TPSA) is 119 Å². The first-order valence-electron chi connectivity index (χ1n) is 25.0. The zero-order valence-corrected chi connectivity index (χ0v) is 38.0. The lowest BCUT2D eigenvalue weighted by molar-refractivity contribution is -0.150. The summed E-state index contributed by atoms with van der Waals surface area (Å²) in [5.41, 5.74) is 5.49. The number of carboxylic acids is 1. The van der Waals surface area contributed by atoms with E-state index in [9.17, 15) is 19.5 Å². The minimum absolute atomic E-state index is 0.0179. The first kappa shape index (κ1) is 55.1. The maximum Gasteiger partial charge on any atom is 0.326 e. The molecule has 0 aliphatic carbocycles. The molecule has 0 radical (unpaired) electrons. The lowest BCUT2D eigenvalue weighted by atomic mass is 10.0. The van der Waals surface area contributed by atoms with Gasteiger partial charge in [0.1, 0.15) is 12.1 Å². The van der Waals surface area contributed by atoms with Crippen LogP contribution in [0, 0.1) is 0 Å². The first-order valence-corrected chi connectivity index (χ1v) is 25.0. The average Bonchev–Trinajstić information content (AvgIpc) is 3.20. The molecule has 0 saturated heterocycles. The third-order valence-corrected chi connectivity index (χ3v) is 11.6. The number of unbranched alkanes of at least 4 members (excludes halogenated alkanes) is 30. The van der Waals surface area contributed by atoms with Crippen LogP contribution < -0.4 is 11.1 Å². The highest BCUT2D eigenvalue weighted by atomic mass is 16.5. The molecule has 0 aromatic rings. The number of amides is 1. The van der Waals surface area contributed by atoms with Crippen LogP contribution in [0.2, 0.25) is 0 Å². The Balaban J connectivity index is 4.03. The lowest BCUT2D eigenvalue weighted by Crippen LogP contribution is -2.40. The van der Waals surface area contributed by atoms with Gasteiger partial charge in [-0.1, -0.05) is 193 Å². The van der Waals surface area contributed by atoms with Gasteiger partial charge in [-0.25, -0.2) is 4.79 Å². The van der Waals surface area contributed by atoms with Gasteiger partial charge in [0, 0.05) is 12.8 Å². The summed E-state index contributed by atoms with van der Waals surface area (Å²) in [4.78, 5) is 36.4. The third-order valence-electron chi connectivity index (χ3n) is 11.6. The fourth-order valence-corrected chi connectivity index (χ4v) is 7.80. The molecule has 4 N–H and O–H groups in total. The molecule has 336 valence electrons. The normalized spacial score (nSPS) is 12.6. The van der Waals surface area contributed by atoms with Crippen molar-refractivity contribution in [1.29, 1.82) is 0 Å². The Bertz CT molecular complexity index is 909. The zero-order valence-electron chi connectivity index (χ0n) is 38.0. The van der Waals surface area contributed by atoms with Gasteiger partial charge in [-0.3, -0.25) is 9.59 Å². The van der Waals surface area contributed by atoms with Crippen molar-refractivity contribution in [2.24, 2.45) is 5.73 Å². The van der Waals surface area contributed by atoms with Crippen molar-refractivity contribution >= 4 is 17.8 Å². The number of carbonyl (C=O) groups is 3. The minimum atomic E-state index is -1.00. The van der Waals surface area contributed by atoms with Gasteiger partial charge in [0.15, 0.2) is 0 Å². The summed E-state index contributed by atoms with van der Waals surface area (Å²) in [6.45, 7) is 4.96. The van der Waals surface area contributed by atoms with Crippen LogP contribution >= 0.6 is 0 Å². The number of rotatable bonds is 46. The minimum Gasteiger partial charge on any atom is -0.480 e. The van der Waals surface area contributed by atoms with Crippen LogP contribution in [0.25, 0.3) is 0 Å². The summed E-state index contributed by atoms with van der Waals surface area (Å²) in [7, 11) is 0. The summed E-state index contributed by atoms with van der Waals surface area (Å²) in [5.74, 6) is -1.22. The molecule has 1 amide bonds. The standard InChI is InChI=1S/C50H96N2O5/c1-3-5-7-9-11-13-14-15-16-17-18-19-20-21-22-23-24-25-26-27-29-34-38-44-49(54)57-46(40-35-31-28-12-10-8-6-4-2)41-36-32-30-33-37-43-48(53)52-47(50(55)56)42-39-45-51/h17-18,46-47H,3-16,19-45,51H2,1-2H3,(H,52,53)(H,55,56)/b18-17-. The molecule has 0 saturated carbocycles. The number of hydrogen-bond acceptors (Lipinski definition) is 5. The molecule has 2 unspecified atom stereocenters. The molecule has 0 bridgehead atoms. The number of aliphatic carboxylic acids is 1. The number of nitrogens with two attached hydrogens (primary N) is 1. The molecular formula is C50H96N2O5. The van der Waals surface area contributed by atoms with Crippen molar-refractivity contribution in [2.45, 2.75) is 283 Å². The SMILES string of the molecule is CCCCCCCCCC/C=C\CCCCCCCCCCCCCC(=O)OC(CCCCCCCCCC)CCCCCCCC(=O)NC(CCCN)C(=O)O. The Labute approximate surface area is 353 Å². The number of esters is 1. The summed E-state index contributed by atoms with van der Waals surface area (Å²) < 4.78 is 6.05. The van der Waals surface area contributed by atoms with Crippen LogP contribution in [0.4, 0.5) is 0 Å². The van der Waals surface area contributed by atoms with Crippen LogP contribution in [0.5, 0.6) is 0 Å². The molecule has 0 heterocycles. The molecule has 0 fully saturated rings. The Kier molecular flexibility index (Phi) is 43.7. The van der Waals surface area contributed by atoms with Gasteiger partial charge in [-0.2, -0.15) is 0 Å². The Morgan fingerprint density at radius 2 is 0.860 bits per heavy atom. The van der Waals surface area contributed by atoms with E-state index in [-0.39, 0.29) is 18.0 Å². The molecule has 0 aliphatic rings. The van der Waals surface area contributed by atoms with Crippen molar-refractivity contribution in [2.75, 3.05) is 6.54 Å². The molecule has 0 rings (SSSR count). The van der Waals surface area contributed by atoms with Gasteiger partial charge in [0.05, 0.1) is 0 Å². The second-order valence-electron chi connectivity index (χ2n) is 17.2. The van der Waals surface area contributed by atoms with Crippen molar-refractivity contribution in [1.82, 2.24) is 5.32 Å². The molecule has 57 heavy (non-hydrogen) atoms. The van der Waals surface area contributed by atoms with E-state index in [0.717, 1.165) is 64.2 Å². The van der Waals surface area contributed by atoms with Crippen molar-refractivity contribution in [3.8, 4) is 0 Å². The molecule has 7 heteroatoms. The van der Waals surface area contributed by atoms with E-state index in [2.05, 4.69) is 31.3 Å². The van der Waals surface area contributed by atoms with E-state index < -0.39 is 12.0 Å². The number of allylic oxidation sites excluding steroid dienone is 2. The maximum atomic E-state index is 12.8. The maximum absolute atomic E-state index is 12.8. The van der Waals surface area contributed by atoms with Crippen LogP contribution in [-0.2, 0) is 19.1 Å². The van der Waals surface area contributed by atoms with Gasteiger partial charge in [-0.15, -0.1) is 0 Å². The zero-order chi connectivity index (χ0) is 41.7. The van der Waals surface area contributed by atoms with Gasteiger partial charge < -0.3 is 20.9 Å². The van der Waals surface area contributed by atoms with Gasteiger partial charge in [0.25, 0.3) is 0 Å². The monoisotopic (exact) mass is 805 g/mol. The third kappa shape index (κ3) is 42.1. The van der Waals surface area contributed by atoms with Crippen LogP contribution in [0.1, 0.15) is 271 Å². The van der Waals surface area contributed by atoms with E-state index >= 15 is 0 Å². The van der Waals surface area contributed by atoms with Gasteiger partial charge in [-0.05, 0) is 83.6 Å². The van der Waals surface area contributed by atoms with E-state index in [1.54, 1.807) is 0 Å². The predicted octanol–water partition coefficient (Wildman–Crippen LogP) is 14.6. The highest BCUT2D eigenvalue weighted by Crippen LogP contribution is 2.19. The number of nitrogens with one attached hydrogen (secondary N) is 1. The highest BCUT2D eigenvalue weighted by molar-refractivity contribution is 5.83. The van der Waals surface area contributed by atoms with Crippen molar-refractivity contribution in [3.05, 3.63) is 12.2 Å².